The summed E-state index contributed by atoms with van der Waals surface area (Å²) >= 11 is 0. The summed E-state index contributed by atoms with van der Waals surface area (Å²) in [6, 6.07) is 6.01. The molecule has 0 radical (unpaired) electrons. The molecule has 0 aliphatic rings. The highest BCUT2D eigenvalue weighted by atomic mass is 32.2. The van der Waals surface area contributed by atoms with Gasteiger partial charge in [0.1, 0.15) is 16.3 Å². The number of nitrogen functional groups attached to an aromatic ring is 1. The molecule has 2 aromatic carbocycles. The Labute approximate surface area is 222 Å². The van der Waals surface area contributed by atoms with Gasteiger partial charge in [-0.05, 0) is 67.7 Å². The van der Waals surface area contributed by atoms with Crippen LogP contribution in [0.25, 0.3) is 0 Å². The van der Waals surface area contributed by atoms with E-state index in [2.05, 4.69) is 20.5 Å². The van der Waals surface area contributed by atoms with Gasteiger partial charge in [-0.1, -0.05) is 20.8 Å². The van der Waals surface area contributed by atoms with Gasteiger partial charge in [0.05, 0.1) is 34.8 Å². The van der Waals surface area contributed by atoms with Crippen molar-refractivity contribution in [2.45, 2.75) is 50.8 Å². The van der Waals surface area contributed by atoms with Crippen molar-refractivity contribution in [2.75, 3.05) is 12.8 Å². The summed E-state index contributed by atoms with van der Waals surface area (Å²) in [5, 5.41) is 16.8. The second kappa shape index (κ2) is 12.4. The number of ether oxygens (including phenoxy) is 1. The van der Waals surface area contributed by atoms with Crippen LogP contribution < -0.4 is 10.5 Å². The minimum Gasteiger partial charge on any atom is -0.495 e. The number of hydrogen-bond donors (Lipinski definition) is 3. The molecule has 0 aromatic heterocycles. The standard InChI is InChI=1S/C24H31N5O7S2/c1-7-19(26-29-22-13-23(36-6)18(25)10-15(22)4)16(5)11-21(14(2)3)28-27-20-9-8-17(37(30,31)32)12-24(20)38(33,34)35/h8-14H,7,25H2,1-6H3,(H,30,31,32)(H,33,34,35)/b19-16+,21-11+,28-27?,29-26?. The molecule has 0 saturated heterocycles. The van der Waals surface area contributed by atoms with Crippen molar-refractivity contribution >= 4 is 37.3 Å². The van der Waals surface area contributed by atoms with Crippen LogP contribution in [0.1, 0.15) is 39.7 Å². The highest BCUT2D eigenvalue weighted by molar-refractivity contribution is 7.86. The average molecular weight is 566 g/mol. The number of rotatable bonds is 10. The topological polar surface area (TPSA) is 193 Å². The molecule has 4 N–H and O–H groups in total. The highest BCUT2D eigenvalue weighted by Crippen LogP contribution is 2.32. The van der Waals surface area contributed by atoms with Gasteiger partial charge in [-0.3, -0.25) is 9.11 Å². The number of aryl methyl sites for hydroxylation is 1. The number of hydrogen-bond acceptors (Lipinski definition) is 10. The molecule has 0 amide bonds. The van der Waals surface area contributed by atoms with Crippen LogP contribution in [-0.4, -0.2) is 33.1 Å². The Bertz CT molecular complexity index is 1540. The molecule has 12 nitrogen and oxygen atoms in total. The SMILES string of the molecule is CC/C(N=Nc1cc(OC)c(N)cc1C)=C(C)\C=C(\N=Nc1ccc(S(=O)(=O)O)cc1S(=O)(=O)O)C(C)C. The number of benzene rings is 2. The molecule has 0 aliphatic heterocycles. The fourth-order valence-electron chi connectivity index (χ4n) is 3.20. The quantitative estimate of drug-likeness (QED) is 0.132. The summed E-state index contributed by atoms with van der Waals surface area (Å²) in [6.07, 6.45) is 2.27. The number of anilines is 1. The molecule has 0 spiro atoms. The summed E-state index contributed by atoms with van der Waals surface area (Å²) in [5.74, 6) is 0.332. The predicted octanol–water partition coefficient (Wildman–Crippen LogP) is 6.17. The van der Waals surface area contributed by atoms with Crippen molar-refractivity contribution in [3.05, 3.63) is 58.9 Å². The highest BCUT2D eigenvalue weighted by Gasteiger charge is 2.21. The Hall–Kier alpha value is -3.46. The number of azo groups is 2. The van der Waals surface area contributed by atoms with E-state index in [0.717, 1.165) is 23.3 Å². The minimum atomic E-state index is -4.87. The van der Waals surface area contributed by atoms with E-state index >= 15 is 0 Å². The molecule has 14 heteroatoms. The van der Waals surface area contributed by atoms with Gasteiger partial charge in [0.15, 0.2) is 0 Å². The lowest BCUT2D eigenvalue weighted by molar-refractivity contribution is 0.417. The van der Waals surface area contributed by atoms with Crippen LogP contribution >= 0.6 is 0 Å². The molecule has 0 unspecified atom stereocenters. The molecule has 0 heterocycles. The molecule has 0 aliphatic carbocycles. The van der Waals surface area contributed by atoms with Crippen LogP contribution in [0.4, 0.5) is 17.1 Å². The molecule has 38 heavy (non-hydrogen) atoms. The Kier molecular flexibility index (Phi) is 10.0. The van der Waals surface area contributed by atoms with Crippen molar-refractivity contribution in [3.8, 4) is 5.75 Å². The summed E-state index contributed by atoms with van der Waals surface area (Å²) in [5.41, 5.74) is 9.36. The van der Waals surface area contributed by atoms with E-state index in [1.807, 2.05) is 34.6 Å². The minimum absolute atomic E-state index is 0.154. The first-order chi connectivity index (χ1) is 17.6. The Morgan fingerprint density at radius 2 is 1.66 bits per heavy atom. The van der Waals surface area contributed by atoms with Gasteiger partial charge >= 0.3 is 0 Å². The Morgan fingerprint density at radius 3 is 2.18 bits per heavy atom. The van der Waals surface area contributed by atoms with Crippen LogP contribution in [0, 0.1) is 12.8 Å². The number of nitrogens with zero attached hydrogens (tertiary/aromatic N) is 4. The molecule has 2 aromatic rings. The summed E-state index contributed by atoms with van der Waals surface area (Å²) < 4.78 is 70.4. The molecular formula is C24H31N5O7S2. The van der Waals surface area contributed by atoms with E-state index in [0.29, 0.717) is 41.0 Å². The first kappa shape index (κ1) is 30.8. The van der Waals surface area contributed by atoms with Crippen LogP contribution in [0.15, 0.2) is 83.6 Å². The Balaban J connectivity index is 2.52. The molecule has 0 atom stereocenters. The van der Waals surface area contributed by atoms with E-state index < -0.39 is 30.0 Å². The molecule has 2 rings (SSSR count). The maximum atomic E-state index is 11.8. The average Bonchev–Trinajstić information content (AvgIpc) is 2.81. The van der Waals surface area contributed by atoms with E-state index in [1.54, 1.807) is 18.2 Å². The third-order valence-electron chi connectivity index (χ3n) is 5.35. The zero-order valence-electron chi connectivity index (χ0n) is 21.9. The van der Waals surface area contributed by atoms with Crippen molar-refractivity contribution in [2.24, 2.45) is 26.4 Å². The van der Waals surface area contributed by atoms with Gasteiger partial charge in [-0.15, -0.1) is 5.11 Å². The number of allylic oxidation sites excluding steroid dienone is 4. The molecule has 0 saturated carbocycles. The zero-order valence-corrected chi connectivity index (χ0v) is 23.5. The zero-order chi connectivity index (χ0) is 28.8. The maximum absolute atomic E-state index is 11.8. The molecule has 0 bridgehead atoms. The number of methoxy groups -OCH3 is 1. The summed E-state index contributed by atoms with van der Waals surface area (Å²) in [6.45, 7) is 9.28. The largest absolute Gasteiger partial charge is 0.495 e. The number of nitrogens with two attached hydrogens (primary N) is 1. The van der Waals surface area contributed by atoms with Crippen molar-refractivity contribution in [3.63, 3.8) is 0 Å². The fraction of sp³-hybridized carbons (Fsp3) is 0.333. The summed E-state index contributed by atoms with van der Waals surface area (Å²) in [4.78, 5) is -1.53. The van der Waals surface area contributed by atoms with E-state index in [1.165, 1.54) is 7.11 Å². The van der Waals surface area contributed by atoms with E-state index in [4.69, 9.17) is 10.5 Å². The monoisotopic (exact) mass is 565 g/mol. The van der Waals surface area contributed by atoms with Crippen LogP contribution in [-0.2, 0) is 20.2 Å². The van der Waals surface area contributed by atoms with Gasteiger partial charge in [0.2, 0.25) is 0 Å². The van der Waals surface area contributed by atoms with Gasteiger partial charge in [-0.25, -0.2) is 0 Å². The second-order valence-electron chi connectivity index (χ2n) is 8.57. The Morgan fingerprint density at radius 1 is 1.03 bits per heavy atom. The predicted molar refractivity (Wildman–Crippen MR) is 143 cm³/mol. The fourth-order valence-corrected chi connectivity index (χ4v) is 4.43. The van der Waals surface area contributed by atoms with Crippen molar-refractivity contribution in [1.29, 1.82) is 0 Å². The van der Waals surface area contributed by atoms with Crippen molar-refractivity contribution < 1.29 is 30.7 Å². The van der Waals surface area contributed by atoms with E-state index in [9.17, 15) is 25.9 Å². The van der Waals surface area contributed by atoms with Gasteiger partial charge in [0.25, 0.3) is 20.2 Å². The van der Waals surface area contributed by atoms with Gasteiger partial charge in [-0.2, -0.15) is 32.2 Å². The molecule has 206 valence electrons. The first-order valence-electron chi connectivity index (χ1n) is 11.4. The van der Waals surface area contributed by atoms with Gasteiger partial charge < -0.3 is 10.5 Å². The maximum Gasteiger partial charge on any atom is 0.296 e. The second-order valence-corrected chi connectivity index (χ2v) is 11.4. The van der Waals surface area contributed by atoms with E-state index in [-0.39, 0.29) is 11.6 Å². The lowest BCUT2D eigenvalue weighted by Crippen LogP contribution is -2.03. The lowest BCUT2D eigenvalue weighted by Gasteiger charge is -2.09. The molecule has 0 fully saturated rings. The molecular weight excluding hydrogens is 534 g/mol. The summed E-state index contributed by atoms with van der Waals surface area (Å²) in [7, 11) is -8.07. The third kappa shape index (κ3) is 8.02. The lowest BCUT2D eigenvalue weighted by atomic mass is 10.1. The normalized spacial score (nSPS) is 14.0. The van der Waals surface area contributed by atoms with Gasteiger partial charge in [0, 0.05) is 6.07 Å². The van der Waals surface area contributed by atoms with Crippen LogP contribution in [0.2, 0.25) is 0 Å². The first-order valence-corrected chi connectivity index (χ1v) is 14.2. The van der Waals surface area contributed by atoms with Crippen LogP contribution in [0.5, 0.6) is 5.75 Å². The third-order valence-corrected chi connectivity index (χ3v) is 7.09. The van der Waals surface area contributed by atoms with Crippen LogP contribution in [0.3, 0.4) is 0 Å². The van der Waals surface area contributed by atoms with Crippen molar-refractivity contribution in [1.82, 2.24) is 0 Å². The smallest absolute Gasteiger partial charge is 0.296 e.